The quantitative estimate of drug-likeness (QED) is 0.482. The lowest BCUT2D eigenvalue weighted by Crippen LogP contribution is -2.40. The summed E-state index contributed by atoms with van der Waals surface area (Å²) in [5.74, 6) is 0.518. The van der Waals surface area contributed by atoms with E-state index in [0.717, 1.165) is 22.9 Å². The maximum atomic E-state index is 13.4. The highest BCUT2D eigenvalue weighted by atomic mass is 16.2. The molecule has 0 spiro atoms. The van der Waals surface area contributed by atoms with Crippen LogP contribution in [0, 0.1) is 35.5 Å². The largest absolute Gasteiger partial charge is 0.321 e. The molecular weight excluding hydrogens is 412 g/mol. The Morgan fingerprint density at radius 3 is 2.24 bits per heavy atom. The Kier molecular flexibility index (Phi) is 3.78. The maximum Gasteiger partial charge on any atom is 0.255 e. The summed E-state index contributed by atoms with van der Waals surface area (Å²) in [7, 11) is 0. The Labute approximate surface area is 191 Å². The Morgan fingerprint density at radius 2 is 1.48 bits per heavy atom. The Hall–Kier alpha value is -3.73. The molecule has 0 unspecified atom stereocenters. The number of fused-ring (bicyclic) bond motifs is 1. The SMILES string of the molecule is O=C(Nc1cccc2ccccc12)c1cccc(N2C(=O)[C@@H]3[C@H]4C=C[C@@H]([C@@H]5C[C@H]45)[C@H]3C2=O)c1. The minimum absolute atomic E-state index is 0.110. The second-order valence-corrected chi connectivity index (χ2v) is 9.70. The number of hydrogen-bond donors (Lipinski definition) is 1. The summed E-state index contributed by atoms with van der Waals surface area (Å²) >= 11 is 0. The molecule has 5 aliphatic rings. The molecule has 8 rings (SSSR count). The predicted molar refractivity (Wildman–Crippen MR) is 126 cm³/mol. The molecule has 1 aliphatic heterocycles. The lowest BCUT2D eigenvalue weighted by molar-refractivity contribution is -0.124. The van der Waals surface area contributed by atoms with Gasteiger partial charge in [-0.3, -0.25) is 14.4 Å². The smallest absolute Gasteiger partial charge is 0.255 e. The Morgan fingerprint density at radius 1 is 0.818 bits per heavy atom. The van der Waals surface area contributed by atoms with Crippen LogP contribution >= 0.6 is 0 Å². The third kappa shape index (κ3) is 2.62. The fraction of sp³-hybridized carbons (Fsp3) is 0.250. The molecule has 5 nitrogen and oxygen atoms in total. The van der Waals surface area contributed by atoms with Crippen LogP contribution in [0.4, 0.5) is 11.4 Å². The van der Waals surface area contributed by atoms with E-state index in [2.05, 4.69) is 17.5 Å². The monoisotopic (exact) mass is 434 g/mol. The molecule has 0 radical (unpaired) electrons. The molecule has 3 aromatic carbocycles. The van der Waals surface area contributed by atoms with Crippen molar-refractivity contribution in [2.24, 2.45) is 35.5 Å². The first-order valence-electron chi connectivity index (χ1n) is 11.6. The van der Waals surface area contributed by atoms with Crippen molar-refractivity contribution in [3.63, 3.8) is 0 Å². The molecule has 5 heteroatoms. The van der Waals surface area contributed by atoms with Crippen molar-refractivity contribution in [1.29, 1.82) is 0 Å². The average Bonchev–Trinajstić information content (AvgIpc) is 3.62. The first-order valence-corrected chi connectivity index (χ1v) is 11.6. The number of benzene rings is 3. The number of amides is 3. The summed E-state index contributed by atoms with van der Waals surface area (Å²) in [5, 5.41) is 4.99. The summed E-state index contributed by atoms with van der Waals surface area (Å²) in [6, 6.07) is 20.5. The summed E-state index contributed by atoms with van der Waals surface area (Å²) < 4.78 is 0. The van der Waals surface area contributed by atoms with Crippen molar-refractivity contribution in [2.75, 3.05) is 10.2 Å². The van der Waals surface area contributed by atoms with Gasteiger partial charge in [0.05, 0.1) is 17.5 Å². The van der Waals surface area contributed by atoms with Crippen molar-refractivity contribution in [1.82, 2.24) is 0 Å². The summed E-state index contributed by atoms with van der Waals surface area (Å²) in [5.41, 5.74) is 1.63. The van der Waals surface area contributed by atoms with Crippen molar-refractivity contribution in [3.8, 4) is 0 Å². The van der Waals surface area contributed by atoms with Crippen LogP contribution in [0.1, 0.15) is 16.8 Å². The standard InChI is InChI=1S/C28H22N2O3/c31-26(29-23-10-4-6-15-5-1-2-9-18(15)23)16-7-3-8-17(13-16)30-27(32)24-19-11-12-20(22-14-21(19)22)25(24)28(30)33/h1-13,19-22,24-25H,14H2,(H,29,31)/t19-,20-,21-,22+,24+,25+/m0/s1. The number of nitrogens with one attached hydrogen (secondary N) is 1. The van der Waals surface area contributed by atoms with Crippen LogP contribution in [-0.4, -0.2) is 17.7 Å². The zero-order chi connectivity index (χ0) is 22.3. The zero-order valence-electron chi connectivity index (χ0n) is 17.8. The van der Waals surface area contributed by atoms with Gasteiger partial charge in [0.15, 0.2) is 0 Å². The highest BCUT2D eigenvalue weighted by Gasteiger charge is 2.67. The fourth-order valence-corrected chi connectivity index (χ4v) is 6.53. The number of carbonyl (C=O) groups is 3. The van der Waals surface area contributed by atoms with Crippen LogP contribution in [0.5, 0.6) is 0 Å². The second-order valence-electron chi connectivity index (χ2n) is 9.70. The molecule has 3 amide bonds. The number of rotatable bonds is 3. The molecule has 1 saturated heterocycles. The lowest BCUT2D eigenvalue weighted by Gasteiger charge is -2.37. The van der Waals surface area contributed by atoms with Crippen LogP contribution < -0.4 is 10.2 Å². The predicted octanol–water partition coefficient (Wildman–Crippen LogP) is 4.65. The number of carbonyl (C=O) groups excluding carboxylic acids is 3. The van der Waals surface area contributed by atoms with Gasteiger partial charge in [-0.05, 0) is 59.7 Å². The molecule has 3 aromatic rings. The van der Waals surface area contributed by atoms with Gasteiger partial charge in [0, 0.05) is 16.6 Å². The van der Waals surface area contributed by atoms with E-state index in [-0.39, 0.29) is 41.4 Å². The average molecular weight is 434 g/mol. The van der Waals surface area contributed by atoms with E-state index in [1.165, 1.54) is 4.90 Å². The van der Waals surface area contributed by atoms with Crippen LogP contribution in [-0.2, 0) is 9.59 Å². The van der Waals surface area contributed by atoms with Gasteiger partial charge >= 0.3 is 0 Å². The van der Waals surface area contributed by atoms with E-state index >= 15 is 0 Å². The van der Waals surface area contributed by atoms with Gasteiger partial charge in [0.1, 0.15) is 0 Å². The third-order valence-corrected chi connectivity index (χ3v) is 8.07. The number of imide groups is 1. The van der Waals surface area contributed by atoms with Crippen LogP contribution in [0.2, 0.25) is 0 Å². The number of hydrogen-bond acceptors (Lipinski definition) is 3. The van der Waals surface area contributed by atoms with Crippen LogP contribution in [0.3, 0.4) is 0 Å². The molecule has 3 fully saturated rings. The van der Waals surface area contributed by atoms with Crippen LogP contribution in [0.15, 0.2) is 78.9 Å². The van der Waals surface area contributed by atoms with E-state index in [1.807, 2.05) is 42.5 Å². The maximum absolute atomic E-state index is 13.4. The van der Waals surface area contributed by atoms with Crippen LogP contribution in [0.25, 0.3) is 10.8 Å². The Bertz CT molecular complexity index is 1350. The Balaban J connectivity index is 1.19. The van der Waals surface area contributed by atoms with Crippen molar-refractivity contribution >= 4 is 39.9 Å². The topological polar surface area (TPSA) is 66.5 Å². The zero-order valence-corrected chi connectivity index (χ0v) is 17.8. The van der Waals surface area contributed by atoms with Crippen molar-refractivity contribution in [2.45, 2.75) is 6.42 Å². The highest BCUT2D eigenvalue weighted by molar-refractivity contribution is 6.23. The van der Waals surface area contributed by atoms with E-state index < -0.39 is 0 Å². The molecule has 2 saturated carbocycles. The van der Waals surface area contributed by atoms with Gasteiger partial charge in [-0.15, -0.1) is 0 Å². The normalized spacial score (nSPS) is 31.0. The molecule has 4 aliphatic carbocycles. The lowest BCUT2D eigenvalue weighted by atomic mass is 9.63. The van der Waals surface area contributed by atoms with Gasteiger partial charge in [-0.1, -0.05) is 54.6 Å². The van der Waals surface area contributed by atoms with E-state index in [0.29, 0.717) is 23.1 Å². The van der Waals surface area contributed by atoms with Crippen molar-refractivity contribution < 1.29 is 14.4 Å². The van der Waals surface area contributed by atoms with Crippen molar-refractivity contribution in [3.05, 3.63) is 84.4 Å². The minimum Gasteiger partial charge on any atom is -0.321 e. The van der Waals surface area contributed by atoms with E-state index in [4.69, 9.17) is 0 Å². The third-order valence-electron chi connectivity index (χ3n) is 8.07. The number of anilines is 2. The van der Waals surface area contributed by atoms with Gasteiger partial charge in [0.25, 0.3) is 5.91 Å². The molecule has 0 aromatic heterocycles. The molecule has 162 valence electrons. The minimum atomic E-state index is -0.271. The molecule has 6 atom stereocenters. The van der Waals surface area contributed by atoms with Gasteiger partial charge in [-0.2, -0.15) is 0 Å². The molecule has 1 heterocycles. The molecule has 33 heavy (non-hydrogen) atoms. The second kappa shape index (κ2) is 6.64. The molecule has 1 N–H and O–H groups in total. The molecular formula is C28H22N2O3. The first kappa shape index (κ1) is 18.8. The van der Waals surface area contributed by atoms with E-state index in [1.54, 1.807) is 24.3 Å². The van der Waals surface area contributed by atoms with Gasteiger partial charge in [-0.25, -0.2) is 4.90 Å². The van der Waals surface area contributed by atoms with Gasteiger partial charge in [0.2, 0.25) is 11.8 Å². The number of nitrogens with zero attached hydrogens (tertiary/aromatic N) is 1. The summed E-state index contributed by atoms with van der Waals surface area (Å²) in [6.45, 7) is 0. The summed E-state index contributed by atoms with van der Waals surface area (Å²) in [6.07, 6.45) is 5.48. The fourth-order valence-electron chi connectivity index (χ4n) is 6.53. The van der Waals surface area contributed by atoms with E-state index in [9.17, 15) is 14.4 Å². The van der Waals surface area contributed by atoms with Gasteiger partial charge < -0.3 is 5.32 Å². The summed E-state index contributed by atoms with van der Waals surface area (Å²) in [4.78, 5) is 41.2. The first-order chi connectivity index (χ1) is 16.1. The highest BCUT2D eigenvalue weighted by Crippen LogP contribution is 2.65. The molecule has 2 bridgehead atoms. The number of allylic oxidation sites excluding steroid dienone is 2.